The lowest BCUT2D eigenvalue weighted by Crippen LogP contribution is -2.46. The molecule has 3 heterocycles. The Morgan fingerprint density at radius 1 is 0.745 bits per heavy atom. The van der Waals surface area contributed by atoms with Gasteiger partial charge in [-0.3, -0.25) is 14.5 Å². The van der Waals surface area contributed by atoms with E-state index in [0.29, 0.717) is 24.3 Å². The predicted molar refractivity (Wildman–Crippen MR) is 186 cm³/mol. The third kappa shape index (κ3) is 8.49. The van der Waals surface area contributed by atoms with E-state index in [9.17, 15) is 9.59 Å². The zero-order valence-electron chi connectivity index (χ0n) is 26.2. The van der Waals surface area contributed by atoms with E-state index < -0.39 is 5.24 Å². The van der Waals surface area contributed by atoms with Gasteiger partial charge in [-0.05, 0) is 73.5 Å². The molecule has 242 valence electrons. The fraction of sp³-hybridized carbons (Fsp3) is 0.270. The van der Waals surface area contributed by atoms with Crippen molar-refractivity contribution < 1.29 is 19.1 Å². The van der Waals surface area contributed by atoms with Crippen LogP contribution >= 0.6 is 11.6 Å². The molecule has 0 radical (unpaired) electrons. The average molecular weight is 652 g/mol. The number of hydrogen-bond donors (Lipinski definition) is 1. The zero-order chi connectivity index (χ0) is 32.4. The average Bonchev–Trinajstić information content (AvgIpc) is 3.53. The van der Waals surface area contributed by atoms with Gasteiger partial charge >= 0.3 is 0 Å². The van der Waals surface area contributed by atoms with E-state index in [1.165, 1.54) is 5.69 Å². The summed E-state index contributed by atoms with van der Waals surface area (Å²) in [6, 6.07) is 30.2. The van der Waals surface area contributed by atoms with E-state index in [0.717, 1.165) is 80.3 Å². The van der Waals surface area contributed by atoms with Crippen LogP contribution in [0.4, 0.5) is 11.4 Å². The summed E-state index contributed by atoms with van der Waals surface area (Å²) in [5.41, 5.74) is 5.14. The molecule has 1 saturated heterocycles. The molecule has 4 aromatic carbocycles. The number of amides is 1. The van der Waals surface area contributed by atoms with Crippen molar-refractivity contribution in [3.05, 3.63) is 115 Å². The number of aryl methyl sites for hydroxylation is 1. The van der Waals surface area contributed by atoms with Gasteiger partial charge in [0.2, 0.25) is 0 Å². The summed E-state index contributed by atoms with van der Waals surface area (Å²) in [5.74, 6) is 1.59. The van der Waals surface area contributed by atoms with Gasteiger partial charge in [-0.15, -0.1) is 0 Å². The van der Waals surface area contributed by atoms with E-state index in [1.807, 2.05) is 67.0 Å². The molecule has 1 amide bonds. The smallest absolute Gasteiger partial charge is 0.255 e. The van der Waals surface area contributed by atoms with Crippen molar-refractivity contribution in [3.8, 4) is 11.5 Å². The Morgan fingerprint density at radius 3 is 2.13 bits per heavy atom. The van der Waals surface area contributed by atoms with Crippen molar-refractivity contribution in [1.29, 1.82) is 0 Å². The maximum Gasteiger partial charge on any atom is 0.255 e. The summed E-state index contributed by atoms with van der Waals surface area (Å²) in [7, 11) is 0. The molecule has 0 atom stereocenters. The van der Waals surface area contributed by atoms with Crippen molar-refractivity contribution >= 4 is 45.2 Å². The number of nitrogens with one attached hydrogen (secondary N) is 1. The number of carbonyl (C=O) groups excluding carboxylic acids is 2. The molecular formula is C37H38ClN5O4. The molecule has 0 spiro atoms. The van der Waals surface area contributed by atoms with E-state index >= 15 is 0 Å². The predicted octanol–water partition coefficient (Wildman–Crippen LogP) is 6.73. The Morgan fingerprint density at radius 2 is 1.43 bits per heavy atom. The molecule has 5 aromatic rings. The molecule has 0 bridgehead atoms. The molecule has 0 unspecified atom stereocenters. The lowest BCUT2D eigenvalue weighted by molar-refractivity contribution is 0.102. The SMILES string of the molecule is O=C(Cl)c1ccccc1.O=C(Nc1ccc2c(c1)ncn2CCCCN1CCN(c2ccc3c(c2)OCCO3)CC1)c1ccccc1. The molecule has 1 aromatic heterocycles. The molecule has 1 N–H and O–H groups in total. The van der Waals surface area contributed by atoms with Crippen molar-refractivity contribution in [2.75, 3.05) is 56.2 Å². The number of fused-ring (bicyclic) bond motifs is 2. The molecule has 47 heavy (non-hydrogen) atoms. The summed E-state index contributed by atoms with van der Waals surface area (Å²) < 4.78 is 13.6. The van der Waals surface area contributed by atoms with Crippen LogP contribution in [0.25, 0.3) is 11.0 Å². The molecule has 10 heteroatoms. The minimum absolute atomic E-state index is 0.114. The quantitative estimate of drug-likeness (QED) is 0.140. The lowest BCUT2D eigenvalue weighted by atomic mass is 10.2. The number of benzene rings is 4. The highest BCUT2D eigenvalue weighted by molar-refractivity contribution is 6.67. The number of piperazine rings is 1. The molecule has 2 aliphatic rings. The monoisotopic (exact) mass is 651 g/mol. The molecule has 1 fully saturated rings. The summed E-state index contributed by atoms with van der Waals surface area (Å²) in [4.78, 5) is 32.4. The van der Waals surface area contributed by atoms with Crippen molar-refractivity contribution in [2.45, 2.75) is 19.4 Å². The van der Waals surface area contributed by atoms with E-state index in [2.05, 4.69) is 36.8 Å². The number of unbranched alkanes of at least 4 members (excludes halogenated alkanes) is 1. The van der Waals surface area contributed by atoms with Crippen molar-refractivity contribution in [3.63, 3.8) is 0 Å². The number of imidazole rings is 1. The van der Waals surface area contributed by atoms with Crippen LogP contribution in [0.3, 0.4) is 0 Å². The second kappa shape index (κ2) is 15.6. The van der Waals surface area contributed by atoms with Gasteiger partial charge in [0, 0.05) is 61.3 Å². The van der Waals surface area contributed by atoms with Crippen molar-refractivity contribution in [2.24, 2.45) is 0 Å². The van der Waals surface area contributed by atoms with Crippen LogP contribution < -0.4 is 19.7 Å². The van der Waals surface area contributed by atoms with Gasteiger partial charge in [0.25, 0.3) is 11.1 Å². The highest BCUT2D eigenvalue weighted by Crippen LogP contribution is 2.34. The van der Waals surface area contributed by atoms with E-state index in [1.54, 1.807) is 24.3 Å². The Hall–Kier alpha value is -4.86. The Kier molecular flexibility index (Phi) is 10.7. The van der Waals surface area contributed by atoms with E-state index in [4.69, 9.17) is 21.1 Å². The van der Waals surface area contributed by atoms with Gasteiger partial charge < -0.3 is 24.3 Å². The highest BCUT2D eigenvalue weighted by Gasteiger charge is 2.19. The number of halogens is 1. The Balaban J connectivity index is 0.000000373. The van der Waals surface area contributed by atoms with Gasteiger partial charge in [-0.1, -0.05) is 48.5 Å². The van der Waals surface area contributed by atoms with Gasteiger partial charge in [0.1, 0.15) is 13.2 Å². The Labute approximate surface area is 279 Å². The Bertz CT molecular complexity index is 1790. The van der Waals surface area contributed by atoms with Crippen LogP contribution in [0.5, 0.6) is 11.5 Å². The number of aromatic nitrogens is 2. The number of nitrogens with zero attached hydrogens (tertiary/aromatic N) is 4. The first-order chi connectivity index (χ1) is 23.0. The lowest BCUT2D eigenvalue weighted by Gasteiger charge is -2.36. The fourth-order valence-corrected chi connectivity index (χ4v) is 5.88. The van der Waals surface area contributed by atoms with Crippen LogP contribution in [-0.4, -0.2) is 71.5 Å². The summed E-state index contributed by atoms with van der Waals surface area (Å²) >= 11 is 5.16. The van der Waals surface area contributed by atoms with Crippen LogP contribution in [0.15, 0.2) is 103 Å². The molecule has 7 rings (SSSR count). The third-order valence-corrected chi connectivity index (χ3v) is 8.52. The molecule has 0 aliphatic carbocycles. The highest BCUT2D eigenvalue weighted by atomic mass is 35.5. The van der Waals surface area contributed by atoms with Gasteiger partial charge in [-0.25, -0.2) is 4.98 Å². The molecule has 9 nitrogen and oxygen atoms in total. The minimum atomic E-state index is -0.407. The first-order valence-electron chi connectivity index (χ1n) is 16.0. The third-order valence-electron chi connectivity index (χ3n) is 8.30. The second-order valence-electron chi connectivity index (χ2n) is 11.5. The zero-order valence-corrected chi connectivity index (χ0v) is 26.9. The fourth-order valence-electron chi connectivity index (χ4n) is 5.76. The van der Waals surface area contributed by atoms with Crippen LogP contribution in [0.2, 0.25) is 0 Å². The molecule has 2 aliphatic heterocycles. The topological polar surface area (TPSA) is 88.9 Å². The summed E-state index contributed by atoms with van der Waals surface area (Å²) in [6.45, 7) is 7.47. The summed E-state index contributed by atoms with van der Waals surface area (Å²) in [5, 5.41) is 2.56. The number of hydrogen-bond acceptors (Lipinski definition) is 7. The first-order valence-corrected chi connectivity index (χ1v) is 16.3. The minimum Gasteiger partial charge on any atom is -0.486 e. The molecular weight excluding hydrogens is 614 g/mol. The van der Waals surface area contributed by atoms with Crippen LogP contribution in [0, 0.1) is 0 Å². The van der Waals surface area contributed by atoms with E-state index in [-0.39, 0.29) is 5.91 Å². The van der Waals surface area contributed by atoms with Gasteiger partial charge in [-0.2, -0.15) is 0 Å². The van der Waals surface area contributed by atoms with Gasteiger partial charge in [0.15, 0.2) is 11.5 Å². The summed E-state index contributed by atoms with van der Waals surface area (Å²) in [6.07, 6.45) is 4.15. The standard InChI is InChI=1S/C30H33N5O3.C7H5ClO/c36-30(23-6-2-1-3-7-23)32-24-8-10-27-26(20-24)31-22-35(27)13-5-4-12-33-14-16-34(17-15-33)25-9-11-28-29(21-25)38-19-18-37-28;8-7(9)6-4-2-1-3-5-6/h1-3,6-11,20-22H,4-5,12-19H2,(H,32,36);1-5H. The van der Waals surface area contributed by atoms with Crippen molar-refractivity contribution in [1.82, 2.24) is 14.5 Å². The first kappa shape index (κ1) is 32.1. The maximum atomic E-state index is 12.4. The largest absolute Gasteiger partial charge is 0.486 e. The van der Waals surface area contributed by atoms with Gasteiger partial charge in [0.05, 0.1) is 17.4 Å². The van der Waals surface area contributed by atoms with Crippen LogP contribution in [0.1, 0.15) is 33.6 Å². The number of rotatable bonds is 9. The molecule has 0 saturated carbocycles. The number of carbonyl (C=O) groups is 2. The number of anilines is 2. The maximum absolute atomic E-state index is 12.4. The number of ether oxygens (including phenoxy) is 2. The van der Waals surface area contributed by atoms with Crippen LogP contribution in [-0.2, 0) is 6.54 Å². The normalized spacial score (nSPS) is 14.3. The second-order valence-corrected chi connectivity index (χ2v) is 11.8.